The maximum Gasteiger partial charge on any atom is 0.173 e. The Morgan fingerprint density at radius 2 is 1.44 bits per heavy atom. The predicted molar refractivity (Wildman–Crippen MR) is 70.9 cm³/mol. The van der Waals surface area contributed by atoms with Gasteiger partial charge in [0.1, 0.15) is 0 Å². The first-order valence-electron chi connectivity index (χ1n) is 6.09. The molecule has 18 heavy (non-hydrogen) atoms. The Balaban J connectivity index is 0.00000162. The first kappa shape index (κ1) is 14.9. The average molecular weight is 306 g/mol. The first-order valence-corrected chi connectivity index (χ1v) is 6.09. The highest BCUT2D eigenvalue weighted by Crippen LogP contribution is 2.20. The lowest BCUT2D eigenvalue weighted by atomic mass is 9.88. The van der Waals surface area contributed by atoms with Gasteiger partial charge in [-0.25, -0.2) is 4.57 Å². The fourth-order valence-electron chi connectivity index (χ4n) is 1.86. The summed E-state index contributed by atoms with van der Waals surface area (Å²) in [6.07, 6.45) is 4.32. The van der Waals surface area contributed by atoms with E-state index in [0.717, 1.165) is 6.54 Å². The Bertz CT molecular complexity index is 469. The van der Waals surface area contributed by atoms with Gasteiger partial charge in [0.2, 0.25) is 0 Å². The van der Waals surface area contributed by atoms with Gasteiger partial charge in [-0.05, 0) is 11.0 Å². The molecule has 0 saturated heterocycles. The number of benzene rings is 1. The van der Waals surface area contributed by atoms with Gasteiger partial charge in [-0.1, -0.05) is 51.1 Å². The van der Waals surface area contributed by atoms with Crippen LogP contribution in [0.4, 0.5) is 0 Å². The van der Waals surface area contributed by atoms with E-state index in [9.17, 15) is 0 Å². The molecule has 2 heteroatoms. The third-order valence-electron chi connectivity index (χ3n) is 2.97. The van der Waals surface area contributed by atoms with E-state index in [0.29, 0.717) is 0 Å². The van der Waals surface area contributed by atoms with Gasteiger partial charge in [0, 0.05) is 17.7 Å². The average Bonchev–Trinajstić information content (AvgIpc) is 2.30. The third kappa shape index (κ3) is 3.95. The SMILES string of the molecule is CC(C)(C)c1cc[n+](Cc2ccccc2)cc1.[Br-]. The van der Waals surface area contributed by atoms with Gasteiger partial charge >= 0.3 is 0 Å². The lowest BCUT2D eigenvalue weighted by Crippen LogP contribution is -3.00. The van der Waals surface area contributed by atoms with Crippen molar-refractivity contribution in [2.75, 3.05) is 0 Å². The monoisotopic (exact) mass is 305 g/mol. The Labute approximate surface area is 120 Å². The summed E-state index contributed by atoms with van der Waals surface area (Å²) in [7, 11) is 0. The molecule has 1 aromatic heterocycles. The molecular weight excluding hydrogens is 286 g/mol. The molecule has 0 spiro atoms. The Morgan fingerprint density at radius 3 is 1.94 bits per heavy atom. The van der Waals surface area contributed by atoms with Gasteiger partial charge in [-0.2, -0.15) is 0 Å². The molecule has 96 valence electrons. The Hall–Kier alpha value is -1.15. The fraction of sp³-hybridized carbons (Fsp3) is 0.312. The van der Waals surface area contributed by atoms with Crippen molar-refractivity contribution in [3.05, 3.63) is 66.0 Å². The fourth-order valence-corrected chi connectivity index (χ4v) is 1.86. The highest BCUT2D eigenvalue weighted by Gasteiger charge is 2.14. The first-order chi connectivity index (χ1) is 8.05. The van der Waals surface area contributed by atoms with Crippen LogP contribution in [-0.2, 0) is 12.0 Å². The molecule has 0 saturated carbocycles. The second kappa shape index (κ2) is 6.14. The van der Waals surface area contributed by atoms with Crippen molar-refractivity contribution in [1.29, 1.82) is 0 Å². The molecule has 0 amide bonds. The van der Waals surface area contributed by atoms with Crippen LogP contribution >= 0.6 is 0 Å². The maximum absolute atomic E-state index is 2.24. The summed E-state index contributed by atoms with van der Waals surface area (Å²) < 4.78 is 2.21. The van der Waals surface area contributed by atoms with E-state index in [1.54, 1.807) is 0 Å². The van der Waals surface area contributed by atoms with Crippen molar-refractivity contribution in [2.24, 2.45) is 0 Å². The molecule has 0 fully saturated rings. The quantitative estimate of drug-likeness (QED) is 0.704. The van der Waals surface area contributed by atoms with Gasteiger partial charge in [-0.3, -0.25) is 0 Å². The van der Waals surface area contributed by atoms with E-state index in [-0.39, 0.29) is 22.4 Å². The number of pyridine rings is 1. The predicted octanol–water partition coefficient (Wildman–Crippen LogP) is 0.324. The van der Waals surface area contributed by atoms with Gasteiger partial charge < -0.3 is 17.0 Å². The summed E-state index contributed by atoms with van der Waals surface area (Å²) in [5.74, 6) is 0. The second-order valence-electron chi connectivity index (χ2n) is 5.49. The number of hydrogen-bond donors (Lipinski definition) is 0. The summed E-state index contributed by atoms with van der Waals surface area (Å²) in [4.78, 5) is 0. The molecule has 0 radical (unpaired) electrons. The van der Waals surface area contributed by atoms with Crippen LogP contribution in [0.5, 0.6) is 0 Å². The van der Waals surface area contributed by atoms with Gasteiger partial charge in [0.15, 0.2) is 18.9 Å². The van der Waals surface area contributed by atoms with Gasteiger partial charge in [0.05, 0.1) is 0 Å². The molecule has 1 heterocycles. The Kier molecular flexibility index (Phi) is 5.09. The van der Waals surface area contributed by atoms with Crippen LogP contribution in [-0.4, -0.2) is 0 Å². The smallest absolute Gasteiger partial charge is 0.173 e. The van der Waals surface area contributed by atoms with Crippen molar-refractivity contribution >= 4 is 0 Å². The van der Waals surface area contributed by atoms with Crippen LogP contribution in [0.1, 0.15) is 31.9 Å². The molecule has 0 atom stereocenters. The second-order valence-corrected chi connectivity index (χ2v) is 5.49. The van der Waals surface area contributed by atoms with Gasteiger partial charge in [0.25, 0.3) is 0 Å². The Morgan fingerprint density at radius 1 is 0.889 bits per heavy atom. The minimum absolute atomic E-state index is 0. The number of halogens is 1. The number of hydrogen-bond acceptors (Lipinski definition) is 0. The number of aromatic nitrogens is 1. The van der Waals surface area contributed by atoms with Crippen molar-refractivity contribution in [3.63, 3.8) is 0 Å². The van der Waals surface area contributed by atoms with E-state index >= 15 is 0 Å². The normalized spacial score (nSPS) is 10.8. The largest absolute Gasteiger partial charge is 1.00 e. The van der Waals surface area contributed by atoms with E-state index in [4.69, 9.17) is 0 Å². The highest BCUT2D eigenvalue weighted by atomic mass is 79.9. The zero-order chi connectivity index (χ0) is 12.3. The minimum Gasteiger partial charge on any atom is -1.00 e. The highest BCUT2D eigenvalue weighted by molar-refractivity contribution is 5.18. The van der Waals surface area contributed by atoms with Crippen LogP contribution in [0.15, 0.2) is 54.9 Å². The summed E-state index contributed by atoms with van der Waals surface area (Å²) >= 11 is 0. The van der Waals surface area contributed by atoms with Crippen molar-refractivity contribution in [1.82, 2.24) is 0 Å². The summed E-state index contributed by atoms with van der Waals surface area (Å²) in [5.41, 5.74) is 2.94. The minimum atomic E-state index is 0. The number of rotatable bonds is 2. The zero-order valence-electron chi connectivity index (χ0n) is 11.2. The lowest BCUT2D eigenvalue weighted by molar-refractivity contribution is -0.688. The summed E-state index contributed by atoms with van der Waals surface area (Å²) in [5, 5.41) is 0. The molecule has 2 rings (SSSR count). The zero-order valence-corrected chi connectivity index (χ0v) is 12.8. The summed E-state index contributed by atoms with van der Waals surface area (Å²) in [6, 6.07) is 15.0. The topological polar surface area (TPSA) is 3.88 Å². The van der Waals surface area contributed by atoms with Crippen molar-refractivity contribution < 1.29 is 21.5 Å². The van der Waals surface area contributed by atoms with E-state index in [2.05, 4.69) is 80.2 Å². The number of nitrogens with zero attached hydrogens (tertiary/aromatic N) is 1. The molecular formula is C16H20BrN. The van der Waals surface area contributed by atoms with Crippen LogP contribution < -0.4 is 21.5 Å². The third-order valence-corrected chi connectivity index (χ3v) is 2.97. The molecule has 2 aromatic rings. The van der Waals surface area contributed by atoms with E-state index in [1.807, 2.05) is 0 Å². The summed E-state index contributed by atoms with van der Waals surface area (Å²) in [6.45, 7) is 7.66. The molecule has 0 aliphatic rings. The molecule has 0 aliphatic heterocycles. The standard InChI is InChI=1S/C16H20N.BrH/c1-16(2,3)15-9-11-17(12-10-15)13-14-7-5-4-6-8-14;/h4-12H,13H2,1-3H3;1H/q+1;/p-1. The van der Waals surface area contributed by atoms with E-state index in [1.165, 1.54) is 11.1 Å². The molecule has 0 bridgehead atoms. The van der Waals surface area contributed by atoms with Crippen LogP contribution in [0.2, 0.25) is 0 Å². The van der Waals surface area contributed by atoms with Crippen LogP contribution in [0.25, 0.3) is 0 Å². The van der Waals surface area contributed by atoms with Crippen LogP contribution in [0, 0.1) is 0 Å². The van der Waals surface area contributed by atoms with Crippen molar-refractivity contribution in [2.45, 2.75) is 32.7 Å². The van der Waals surface area contributed by atoms with Crippen molar-refractivity contribution in [3.8, 4) is 0 Å². The van der Waals surface area contributed by atoms with Gasteiger partial charge in [-0.15, -0.1) is 0 Å². The molecule has 0 N–H and O–H groups in total. The molecule has 0 unspecified atom stereocenters. The lowest BCUT2D eigenvalue weighted by Gasteiger charge is -2.17. The molecule has 1 aromatic carbocycles. The molecule has 0 aliphatic carbocycles. The molecule has 1 nitrogen and oxygen atoms in total. The maximum atomic E-state index is 2.24. The van der Waals surface area contributed by atoms with E-state index < -0.39 is 0 Å². The van der Waals surface area contributed by atoms with Crippen LogP contribution in [0.3, 0.4) is 0 Å².